The number of allylic oxidation sites excluding steroid dienone is 2. The average Bonchev–Trinajstić information content (AvgIpc) is 3.34. The summed E-state index contributed by atoms with van der Waals surface area (Å²) in [5, 5.41) is 0. The Hall–Kier alpha value is -1.85. The summed E-state index contributed by atoms with van der Waals surface area (Å²) in [7, 11) is 0. The van der Waals surface area contributed by atoms with Gasteiger partial charge in [0.1, 0.15) is 13.2 Å². The summed E-state index contributed by atoms with van der Waals surface area (Å²) in [6.07, 6.45) is 66.5. The van der Waals surface area contributed by atoms with Crippen molar-refractivity contribution in [1.82, 2.24) is 0 Å². The second kappa shape index (κ2) is 57.7. The minimum absolute atomic E-state index is 0.0646. The van der Waals surface area contributed by atoms with Crippen LogP contribution in [0.5, 0.6) is 0 Å². The third-order valence-electron chi connectivity index (χ3n) is 14.0. The number of unbranched alkanes of at least 4 members (excludes halogenated alkanes) is 44. The molecule has 0 fully saturated rings. The minimum Gasteiger partial charge on any atom is -0.462 e. The van der Waals surface area contributed by atoms with Crippen molar-refractivity contribution in [2.75, 3.05) is 13.2 Å². The monoisotopic (exact) mass is 959 g/mol. The molecular formula is C62H118O6. The van der Waals surface area contributed by atoms with Crippen molar-refractivity contribution in [2.24, 2.45) is 0 Å². The molecule has 0 rings (SSSR count). The molecule has 0 bridgehead atoms. The van der Waals surface area contributed by atoms with Gasteiger partial charge in [0.05, 0.1) is 0 Å². The van der Waals surface area contributed by atoms with Crippen molar-refractivity contribution in [1.29, 1.82) is 0 Å². The van der Waals surface area contributed by atoms with E-state index in [1.807, 2.05) is 0 Å². The third-order valence-corrected chi connectivity index (χ3v) is 14.0. The van der Waals surface area contributed by atoms with Gasteiger partial charge in [-0.05, 0) is 44.9 Å². The second-order valence-corrected chi connectivity index (χ2v) is 21.0. The molecule has 0 amide bonds. The first-order valence-corrected chi connectivity index (χ1v) is 30.7. The van der Waals surface area contributed by atoms with Crippen molar-refractivity contribution in [3.63, 3.8) is 0 Å². The van der Waals surface area contributed by atoms with E-state index in [0.717, 1.165) is 57.8 Å². The predicted molar refractivity (Wildman–Crippen MR) is 293 cm³/mol. The predicted octanol–water partition coefficient (Wildman–Crippen LogP) is 20.5. The van der Waals surface area contributed by atoms with Crippen LogP contribution in [0.4, 0.5) is 0 Å². The lowest BCUT2D eigenvalue weighted by Crippen LogP contribution is -2.30. The summed E-state index contributed by atoms with van der Waals surface area (Å²) in [5.74, 6) is -0.842. The lowest BCUT2D eigenvalue weighted by atomic mass is 10.0. The van der Waals surface area contributed by atoms with E-state index in [0.29, 0.717) is 19.3 Å². The summed E-state index contributed by atoms with van der Waals surface area (Å²) < 4.78 is 16.9. The average molecular weight is 960 g/mol. The molecule has 402 valence electrons. The maximum atomic E-state index is 12.9. The van der Waals surface area contributed by atoms with Crippen LogP contribution in [0, 0.1) is 0 Å². The first-order chi connectivity index (χ1) is 33.5. The Morgan fingerprint density at radius 3 is 0.735 bits per heavy atom. The number of ether oxygens (including phenoxy) is 3. The van der Waals surface area contributed by atoms with E-state index < -0.39 is 6.10 Å². The molecule has 0 aliphatic rings. The largest absolute Gasteiger partial charge is 0.462 e. The smallest absolute Gasteiger partial charge is 0.306 e. The zero-order valence-corrected chi connectivity index (χ0v) is 46.2. The van der Waals surface area contributed by atoms with Gasteiger partial charge < -0.3 is 14.2 Å². The molecular weight excluding hydrogens is 841 g/mol. The molecule has 0 aromatic carbocycles. The van der Waals surface area contributed by atoms with Gasteiger partial charge in [0, 0.05) is 19.3 Å². The molecule has 6 heteroatoms. The molecule has 0 aromatic heterocycles. The van der Waals surface area contributed by atoms with E-state index in [-0.39, 0.29) is 31.1 Å². The number of rotatable bonds is 57. The molecule has 0 aliphatic heterocycles. The molecule has 0 heterocycles. The maximum Gasteiger partial charge on any atom is 0.306 e. The number of carbonyl (C=O) groups excluding carboxylic acids is 3. The van der Waals surface area contributed by atoms with Crippen molar-refractivity contribution in [2.45, 2.75) is 354 Å². The van der Waals surface area contributed by atoms with E-state index in [9.17, 15) is 14.4 Å². The molecule has 0 aromatic rings. The fraction of sp³-hybridized carbons (Fsp3) is 0.919. The molecule has 0 radical (unpaired) electrons. The highest BCUT2D eigenvalue weighted by molar-refractivity contribution is 5.71. The van der Waals surface area contributed by atoms with Crippen LogP contribution in [0.2, 0.25) is 0 Å². The van der Waals surface area contributed by atoms with E-state index in [1.54, 1.807) is 0 Å². The first-order valence-electron chi connectivity index (χ1n) is 30.7. The zero-order chi connectivity index (χ0) is 49.3. The van der Waals surface area contributed by atoms with Crippen molar-refractivity contribution in [3.8, 4) is 0 Å². The van der Waals surface area contributed by atoms with Gasteiger partial charge in [-0.2, -0.15) is 0 Å². The van der Waals surface area contributed by atoms with Gasteiger partial charge in [-0.15, -0.1) is 0 Å². The topological polar surface area (TPSA) is 78.9 Å². The number of hydrogen-bond acceptors (Lipinski definition) is 6. The molecule has 6 nitrogen and oxygen atoms in total. The van der Waals surface area contributed by atoms with Gasteiger partial charge in [0.15, 0.2) is 6.10 Å². The number of carbonyl (C=O) groups is 3. The summed E-state index contributed by atoms with van der Waals surface area (Å²) >= 11 is 0. The minimum atomic E-state index is -0.765. The Morgan fingerprint density at radius 1 is 0.279 bits per heavy atom. The highest BCUT2D eigenvalue weighted by Crippen LogP contribution is 2.18. The summed E-state index contributed by atoms with van der Waals surface area (Å²) in [6.45, 7) is 6.69. The van der Waals surface area contributed by atoms with Crippen LogP contribution in [-0.4, -0.2) is 37.2 Å². The Morgan fingerprint density at radius 2 is 0.485 bits per heavy atom. The fourth-order valence-electron chi connectivity index (χ4n) is 9.38. The highest BCUT2D eigenvalue weighted by atomic mass is 16.6. The van der Waals surface area contributed by atoms with E-state index >= 15 is 0 Å². The Labute approximate surface area is 424 Å². The van der Waals surface area contributed by atoms with Gasteiger partial charge in [-0.25, -0.2) is 0 Å². The van der Waals surface area contributed by atoms with Crippen LogP contribution in [0.25, 0.3) is 0 Å². The second-order valence-electron chi connectivity index (χ2n) is 21.0. The molecule has 68 heavy (non-hydrogen) atoms. The van der Waals surface area contributed by atoms with Crippen LogP contribution in [0.1, 0.15) is 348 Å². The lowest BCUT2D eigenvalue weighted by molar-refractivity contribution is -0.167. The van der Waals surface area contributed by atoms with Gasteiger partial charge >= 0.3 is 17.9 Å². The molecule has 0 N–H and O–H groups in total. The number of hydrogen-bond donors (Lipinski definition) is 0. The van der Waals surface area contributed by atoms with Crippen LogP contribution >= 0.6 is 0 Å². The highest BCUT2D eigenvalue weighted by Gasteiger charge is 2.19. The first kappa shape index (κ1) is 66.2. The summed E-state index contributed by atoms with van der Waals surface area (Å²) in [5.41, 5.74) is 0. The summed E-state index contributed by atoms with van der Waals surface area (Å²) in [4.78, 5) is 38.1. The fourth-order valence-corrected chi connectivity index (χ4v) is 9.38. The SMILES string of the molecule is CCCCCCCC/C=C\CCCCCCCCCCCC(=O)OC(COC(=O)CCCCCCCCCCCC)COC(=O)CCCCCCCCCCCCCCCCCCCCCCC. The maximum absolute atomic E-state index is 12.9. The van der Waals surface area contributed by atoms with Crippen molar-refractivity contribution >= 4 is 17.9 Å². The molecule has 0 spiro atoms. The van der Waals surface area contributed by atoms with Gasteiger partial charge in [-0.3, -0.25) is 14.4 Å². The number of esters is 3. The van der Waals surface area contributed by atoms with Crippen LogP contribution in [-0.2, 0) is 28.6 Å². The molecule has 0 saturated carbocycles. The standard InChI is InChI=1S/C62H118O6/c1-4-7-10-13-16-19-22-24-26-28-30-31-33-34-36-38-40-43-46-49-52-55-61(64)67-58-59(57-66-60(63)54-51-48-45-42-21-18-15-12-9-6-3)68-62(65)56-53-50-47-44-41-39-37-35-32-29-27-25-23-20-17-14-11-8-5-2/h25,27,59H,4-24,26,28-58H2,1-3H3/b27-25-. The summed E-state index contributed by atoms with van der Waals surface area (Å²) in [6, 6.07) is 0. The quantitative estimate of drug-likeness (QED) is 0.0262. The van der Waals surface area contributed by atoms with Crippen molar-refractivity contribution in [3.05, 3.63) is 12.2 Å². The molecule has 1 atom stereocenters. The Bertz CT molecular complexity index is 1060. The lowest BCUT2D eigenvalue weighted by Gasteiger charge is -2.18. The van der Waals surface area contributed by atoms with E-state index in [1.165, 1.54) is 250 Å². The van der Waals surface area contributed by atoms with Gasteiger partial charge in [-0.1, -0.05) is 296 Å². The van der Waals surface area contributed by atoms with Gasteiger partial charge in [0.2, 0.25) is 0 Å². The van der Waals surface area contributed by atoms with Crippen molar-refractivity contribution < 1.29 is 28.6 Å². The molecule has 0 saturated heterocycles. The van der Waals surface area contributed by atoms with Gasteiger partial charge in [0.25, 0.3) is 0 Å². The zero-order valence-electron chi connectivity index (χ0n) is 46.2. The Balaban J connectivity index is 4.21. The Kier molecular flexibility index (Phi) is 56.2. The van der Waals surface area contributed by atoms with Crippen LogP contribution in [0.3, 0.4) is 0 Å². The van der Waals surface area contributed by atoms with E-state index in [4.69, 9.17) is 14.2 Å². The van der Waals surface area contributed by atoms with Crippen LogP contribution < -0.4 is 0 Å². The molecule has 0 aliphatic carbocycles. The van der Waals surface area contributed by atoms with E-state index in [2.05, 4.69) is 32.9 Å². The molecule has 1 unspecified atom stereocenters. The third kappa shape index (κ3) is 55.1. The normalized spacial score (nSPS) is 12.0. The van der Waals surface area contributed by atoms with Crippen LogP contribution in [0.15, 0.2) is 12.2 Å².